The van der Waals surface area contributed by atoms with Crippen LogP contribution in [-0.4, -0.2) is 35.3 Å². The largest absolute Gasteiger partial charge is 0.416 e. The van der Waals surface area contributed by atoms with Crippen molar-refractivity contribution in [1.82, 2.24) is 34.7 Å². The number of fused-ring (bicyclic) bond motifs is 2. The van der Waals surface area contributed by atoms with E-state index in [4.69, 9.17) is 0 Å². The lowest BCUT2D eigenvalue weighted by Crippen LogP contribution is -2.23. The van der Waals surface area contributed by atoms with Gasteiger partial charge in [0.05, 0.1) is 28.4 Å². The molecule has 12 heteroatoms. The highest BCUT2D eigenvalue weighted by Crippen LogP contribution is 2.33. The van der Waals surface area contributed by atoms with E-state index in [0.717, 1.165) is 34.9 Å². The summed E-state index contributed by atoms with van der Waals surface area (Å²) in [6.45, 7) is 5.66. The molecule has 0 radical (unpaired) electrons. The Morgan fingerprint density at radius 3 is 2.68 bits per heavy atom. The summed E-state index contributed by atoms with van der Waals surface area (Å²) in [5, 5.41) is 16.1. The summed E-state index contributed by atoms with van der Waals surface area (Å²) in [5.41, 5.74) is 1.85. The Labute approximate surface area is 195 Å². The Bertz CT molecular complexity index is 1560. The number of rotatable bonds is 4. The van der Waals surface area contributed by atoms with E-state index in [1.807, 2.05) is 19.9 Å². The van der Waals surface area contributed by atoms with Crippen LogP contribution in [0, 0.1) is 20.8 Å². The molecule has 0 atom stereocenters. The first-order valence-electron chi connectivity index (χ1n) is 10.2. The van der Waals surface area contributed by atoms with Crippen LogP contribution in [0.5, 0.6) is 0 Å². The van der Waals surface area contributed by atoms with Gasteiger partial charge in [-0.25, -0.2) is 9.67 Å². The fourth-order valence-electron chi connectivity index (χ4n) is 3.81. The lowest BCUT2D eigenvalue weighted by molar-refractivity contribution is -0.137. The van der Waals surface area contributed by atoms with Gasteiger partial charge in [0.25, 0.3) is 11.7 Å². The molecule has 4 aromatic heterocycles. The molecule has 0 unspecified atom stereocenters. The number of carbonyl (C=O) groups excluding carboxylic acids is 1. The number of nitrogens with zero attached hydrogens (tertiary/aromatic N) is 6. The Kier molecular flexibility index (Phi) is 5.12. The highest BCUT2D eigenvalue weighted by atomic mass is 32.1. The zero-order valence-electron chi connectivity index (χ0n) is 18.3. The lowest BCUT2D eigenvalue weighted by atomic mass is 10.2. The molecule has 0 fully saturated rings. The van der Waals surface area contributed by atoms with Crippen molar-refractivity contribution in [3.63, 3.8) is 0 Å². The van der Waals surface area contributed by atoms with E-state index in [1.165, 1.54) is 10.7 Å². The second kappa shape index (κ2) is 7.90. The molecule has 0 bridgehead atoms. The third-order valence-corrected chi connectivity index (χ3v) is 6.46. The number of carbonyl (C=O) groups is 1. The second-order valence-corrected chi connectivity index (χ2v) is 8.88. The Morgan fingerprint density at radius 2 is 1.91 bits per heavy atom. The number of aryl methyl sites for hydroxylation is 3. The van der Waals surface area contributed by atoms with Gasteiger partial charge in [0.15, 0.2) is 5.82 Å². The van der Waals surface area contributed by atoms with Crippen molar-refractivity contribution in [2.24, 2.45) is 0 Å². The molecule has 8 nitrogen and oxygen atoms in total. The Balaban J connectivity index is 1.43. The summed E-state index contributed by atoms with van der Waals surface area (Å²) in [6.07, 6.45) is -4.46. The summed E-state index contributed by atoms with van der Waals surface area (Å²) < 4.78 is 42.7. The van der Waals surface area contributed by atoms with E-state index in [0.29, 0.717) is 32.4 Å². The van der Waals surface area contributed by atoms with Crippen LogP contribution >= 0.6 is 11.3 Å². The molecule has 174 valence electrons. The van der Waals surface area contributed by atoms with Crippen molar-refractivity contribution >= 4 is 33.2 Å². The first kappa shape index (κ1) is 22.0. The summed E-state index contributed by atoms with van der Waals surface area (Å²) >= 11 is 1.16. The van der Waals surface area contributed by atoms with Crippen molar-refractivity contribution in [3.8, 4) is 5.69 Å². The first-order chi connectivity index (χ1) is 16.1. The first-order valence-corrected chi connectivity index (χ1v) is 11.1. The summed E-state index contributed by atoms with van der Waals surface area (Å²) in [4.78, 5) is 18.2. The number of hydrogen-bond acceptors (Lipinski definition) is 6. The SMILES string of the molecule is Cc1cc(C)n2c(CNC(=O)c3cc4c(C)nn(-c5cccc(C(F)(F)F)c5)c4s3)nnc2n1. The molecule has 0 aliphatic heterocycles. The number of thiophene rings is 1. The number of nitrogens with one attached hydrogen (secondary N) is 1. The summed E-state index contributed by atoms with van der Waals surface area (Å²) in [7, 11) is 0. The van der Waals surface area contributed by atoms with Gasteiger partial charge in [-0.15, -0.1) is 21.5 Å². The van der Waals surface area contributed by atoms with Crippen molar-refractivity contribution in [3.05, 3.63) is 69.7 Å². The number of hydrogen-bond donors (Lipinski definition) is 1. The number of benzene rings is 1. The normalized spacial score (nSPS) is 12.1. The molecule has 5 rings (SSSR count). The van der Waals surface area contributed by atoms with Gasteiger partial charge in [-0.05, 0) is 51.1 Å². The topological polar surface area (TPSA) is 90.0 Å². The van der Waals surface area contributed by atoms with Gasteiger partial charge in [-0.2, -0.15) is 18.3 Å². The molecule has 34 heavy (non-hydrogen) atoms. The minimum absolute atomic E-state index is 0.137. The summed E-state index contributed by atoms with van der Waals surface area (Å²) in [6, 6.07) is 8.53. The maximum atomic E-state index is 13.2. The van der Waals surface area contributed by atoms with Crippen molar-refractivity contribution in [2.75, 3.05) is 0 Å². The van der Waals surface area contributed by atoms with E-state index in [1.54, 1.807) is 23.5 Å². The van der Waals surface area contributed by atoms with Crippen LogP contribution < -0.4 is 5.32 Å². The maximum Gasteiger partial charge on any atom is 0.416 e. The van der Waals surface area contributed by atoms with Gasteiger partial charge >= 0.3 is 6.18 Å². The average Bonchev–Trinajstić information content (AvgIpc) is 3.46. The minimum atomic E-state index is -4.46. The number of halogens is 3. The molecule has 4 heterocycles. The zero-order chi connectivity index (χ0) is 24.2. The van der Waals surface area contributed by atoms with Crippen molar-refractivity contribution in [1.29, 1.82) is 0 Å². The minimum Gasteiger partial charge on any atom is -0.344 e. The van der Waals surface area contributed by atoms with Crippen molar-refractivity contribution in [2.45, 2.75) is 33.5 Å². The third-order valence-electron chi connectivity index (χ3n) is 5.35. The molecular formula is C22H18F3N7OS. The van der Waals surface area contributed by atoms with Crippen LogP contribution in [0.1, 0.15) is 38.1 Å². The lowest BCUT2D eigenvalue weighted by Gasteiger charge is -2.09. The Hall–Kier alpha value is -3.80. The highest BCUT2D eigenvalue weighted by Gasteiger charge is 2.31. The molecule has 0 aliphatic carbocycles. The van der Waals surface area contributed by atoms with Gasteiger partial charge < -0.3 is 5.32 Å². The van der Waals surface area contributed by atoms with Gasteiger partial charge in [0.1, 0.15) is 4.83 Å². The zero-order valence-corrected chi connectivity index (χ0v) is 19.1. The highest BCUT2D eigenvalue weighted by molar-refractivity contribution is 7.20. The smallest absolute Gasteiger partial charge is 0.344 e. The van der Waals surface area contributed by atoms with E-state index in [-0.39, 0.29) is 18.1 Å². The number of alkyl halides is 3. The van der Waals surface area contributed by atoms with Gasteiger partial charge in [-0.3, -0.25) is 9.20 Å². The maximum absolute atomic E-state index is 13.2. The molecular weight excluding hydrogens is 467 g/mol. The van der Waals surface area contributed by atoms with Crippen LogP contribution in [0.2, 0.25) is 0 Å². The van der Waals surface area contributed by atoms with Crippen LogP contribution in [-0.2, 0) is 12.7 Å². The van der Waals surface area contributed by atoms with E-state index in [2.05, 4.69) is 25.6 Å². The fraction of sp³-hybridized carbons (Fsp3) is 0.227. The second-order valence-electron chi connectivity index (χ2n) is 7.85. The van der Waals surface area contributed by atoms with Gasteiger partial charge in [0, 0.05) is 16.8 Å². The van der Waals surface area contributed by atoms with Crippen LogP contribution in [0.3, 0.4) is 0 Å². The average molecular weight is 485 g/mol. The van der Waals surface area contributed by atoms with Crippen LogP contribution in [0.4, 0.5) is 13.2 Å². The van der Waals surface area contributed by atoms with E-state index in [9.17, 15) is 18.0 Å². The fourth-order valence-corrected chi connectivity index (χ4v) is 4.91. The molecule has 0 saturated heterocycles. The predicted molar refractivity (Wildman–Crippen MR) is 120 cm³/mol. The molecule has 1 N–H and O–H groups in total. The predicted octanol–water partition coefficient (Wildman–Crippen LogP) is 4.40. The van der Waals surface area contributed by atoms with Crippen LogP contribution in [0.25, 0.3) is 21.7 Å². The van der Waals surface area contributed by atoms with E-state index < -0.39 is 11.7 Å². The number of amides is 1. The molecule has 0 saturated carbocycles. The third kappa shape index (κ3) is 3.79. The molecule has 1 aromatic carbocycles. The molecule has 0 aliphatic rings. The quantitative estimate of drug-likeness (QED) is 0.408. The monoisotopic (exact) mass is 485 g/mol. The standard InChI is InChI=1S/C22H18F3N7OS/c1-11-7-12(2)31-18(28-29-21(31)27-11)10-26-19(33)17-9-16-13(3)30-32(20(16)34-17)15-6-4-5-14(8-15)22(23,24)25/h4-9H,10H2,1-3H3,(H,26,33). The van der Waals surface area contributed by atoms with Crippen LogP contribution in [0.15, 0.2) is 36.4 Å². The Morgan fingerprint density at radius 1 is 1.12 bits per heavy atom. The van der Waals surface area contributed by atoms with Gasteiger partial charge in [-0.1, -0.05) is 6.07 Å². The molecule has 0 spiro atoms. The van der Waals surface area contributed by atoms with Crippen molar-refractivity contribution < 1.29 is 18.0 Å². The van der Waals surface area contributed by atoms with E-state index >= 15 is 0 Å². The van der Waals surface area contributed by atoms with Gasteiger partial charge in [0.2, 0.25) is 0 Å². The summed E-state index contributed by atoms with van der Waals surface area (Å²) in [5.74, 6) is 0.673. The molecule has 1 amide bonds. The molecule has 5 aromatic rings. The number of aromatic nitrogens is 6.